The highest BCUT2D eigenvalue weighted by Crippen LogP contribution is 2.24. The van der Waals surface area contributed by atoms with Crippen LogP contribution in [0.2, 0.25) is 0 Å². The number of nitrogens with one attached hydrogen (secondary N) is 2. The van der Waals surface area contributed by atoms with Crippen LogP contribution < -0.4 is 16.4 Å². The van der Waals surface area contributed by atoms with Crippen LogP contribution in [0, 0.1) is 12.3 Å². The number of anilines is 2. The fourth-order valence-corrected chi connectivity index (χ4v) is 1.88. The molecule has 1 amide bonds. The molecule has 0 fully saturated rings. The van der Waals surface area contributed by atoms with Crippen molar-refractivity contribution in [2.45, 2.75) is 19.9 Å². The Labute approximate surface area is 98.4 Å². The lowest BCUT2D eigenvalue weighted by molar-refractivity contribution is 0.0953. The van der Waals surface area contributed by atoms with Gasteiger partial charge in [0.15, 0.2) is 5.13 Å². The predicted molar refractivity (Wildman–Crippen MR) is 66.5 cm³/mol. The van der Waals surface area contributed by atoms with Gasteiger partial charge >= 0.3 is 0 Å². The van der Waals surface area contributed by atoms with E-state index in [2.05, 4.69) is 21.5 Å². The summed E-state index contributed by atoms with van der Waals surface area (Å²) in [5.41, 5.74) is 5.64. The van der Waals surface area contributed by atoms with Crippen molar-refractivity contribution in [3.05, 3.63) is 4.88 Å². The van der Waals surface area contributed by atoms with Gasteiger partial charge < -0.3 is 16.4 Å². The fourth-order valence-electron chi connectivity index (χ4n) is 1.03. The summed E-state index contributed by atoms with van der Waals surface area (Å²) in [6, 6.07) is -0.323. The standard InChI is InChI=1S/C10H14N4OS/c1-4-6(3)13-9(15)7-8(11)14-10(16-7)12-5-2/h1,6H,5,11H2,2-3H3,(H,12,14)(H,13,15). The number of rotatable bonds is 4. The third-order valence-electron chi connectivity index (χ3n) is 1.79. The van der Waals surface area contributed by atoms with Gasteiger partial charge in [0.1, 0.15) is 10.7 Å². The molecule has 1 heterocycles. The van der Waals surface area contributed by atoms with Crippen LogP contribution >= 0.6 is 11.3 Å². The smallest absolute Gasteiger partial charge is 0.266 e. The van der Waals surface area contributed by atoms with Crippen molar-refractivity contribution in [1.29, 1.82) is 0 Å². The van der Waals surface area contributed by atoms with E-state index in [0.717, 1.165) is 6.54 Å². The first-order valence-corrected chi connectivity index (χ1v) is 5.67. The average molecular weight is 238 g/mol. The summed E-state index contributed by atoms with van der Waals surface area (Å²) in [5, 5.41) is 6.27. The van der Waals surface area contributed by atoms with E-state index in [-0.39, 0.29) is 17.8 Å². The van der Waals surface area contributed by atoms with Gasteiger partial charge in [-0.1, -0.05) is 17.3 Å². The number of amides is 1. The maximum absolute atomic E-state index is 11.7. The second kappa shape index (κ2) is 5.37. The van der Waals surface area contributed by atoms with Crippen LogP contribution in [0.4, 0.5) is 10.9 Å². The Balaban J connectivity index is 2.80. The number of hydrogen-bond acceptors (Lipinski definition) is 5. The molecule has 1 rings (SSSR count). The molecule has 4 N–H and O–H groups in total. The predicted octanol–water partition coefficient (Wildman–Crippen LogP) is 0.909. The number of terminal acetylenes is 1. The van der Waals surface area contributed by atoms with Gasteiger partial charge in [-0.15, -0.1) is 6.42 Å². The molecule has 1 unspecified atom stereocenters. The molecule has 5 nitrogen and oxygen atoms in total. The second-order valence-corrected chi connectivity index (χ2v) is 4.12. The molecule has 1 aromatic rings. The van der Waals surface area contributed by atoms with Gasteiger partial charge in [0.2, 0.25) is 0 Å². The Kier molecular flexibility index (Phi) is 4.14. The maximum atomic E-state index is 11.7. The van der Waals surface area contributed by atoms with Crippen LogP contribution in [0.5, 0.6) is 0 Å². The molecule has 0 saturated carbocycles. The molecule has 0 aliphatic heterocycles. The van der Waals surface area contributed by atoms with Gasteiger partial charge in [-0.2, -0.15) is 0 Å². The van der Waals surface area contributed by atoms with E-state index < -0.39 is 0 Å². The van der Waals surface area contributed by atoms with Gasteiger partial charge in [-0.05, 0) is 13.8 Å². The van der Waals surface area contributed by atoms with Crippen molar-refractivity contribution in [2.75, 3.05) is 17.6 Å². The van der Waals surface area contributed by atoms with Crippen LogP contribution in [0.1, 0.15) is 23.5 Å². The van der Waals surface area contributed by atoms with Crippen molar-refractivity contribution >= 4 is 28.2 Å². The molecule has 1 atom stereocenters. The Morgan fingerprint density at radius 2 is 2.44 bits per heavy atom. The lowest BCUT2D eigenvalue weighted by Gasteiger charge is -2.05. The monoisotopic (exact) mass is 238 g/mol. The molecular weight excluding hydrogens is 224 g/mol. The van der Waals surface area contributed by atoms with Crippen molar-refractivity contribution in [2.24, 2.45) is 0 Å². The number of aromatic nitrogens is 1. The van der Waals surface area contributed by atoms with Crippen LogP contribution in [-0.2, 0) is 0 Å². The van der Waals surface area contributed by atoms with Gasteiger partial charge in [0.05, 0.1) is 6.04 Å². The normalized spacial score (nSPS) is 11.6. The van der Waals surface area contributed by atoms with E-state index in [1.807, 2.05) is 6.92 Å². The highest BCUT2D eigenvalue weighted by molar-refractivity contribution is 7.18. The minimum atomic E-state index is -0.323. The van der Waals surface area contributed by atoms with E-state index in [1.54, 1.807) is 6.92 Å². The summed E-state index contributed by atoms with van der Waals surface area (Å²) < 4.78 is 0. The largest absolute Gasteiger partial charge is 0.382 e. The molecular formula is C10H14N4OS. The molecule has 0 aliphatic carbocycles. The third kappa shape index (κ3) is 2.87. The Hall–Kier alpha value is -1.74. The first kappa shape index (κ1) is 12.3. The topological polar surface area (TPSA) is 80.0 Å². The van der Waals surface area contributed by atoms with Crippen LogP contribution in [0.15, 0.2) is 0 Å². The van der Waals surface area contributed by atoms with Gasteiger partial charge in [-0.25, -0.2) is 4.98 Å². The maximum Gasteiger partial charge on any atom is 0.266 e. The third-order valence-corrected chi connectivity index (χ3v) is 2.81. The zero-order valence-corrected chi connectivity index (χ0v) is 10.0. The van der Waals surface area contributed by atoms with E-state index in [9.17, 15) is 4.79 Å². The number of carbonyl (C=O) groups excluding carboxylic acids is 1. The Bertz CT molecular complexity index is 421. The van der Waals surface area contributed by atoms with Gasteiger partial charge in [0, 0.05) is 6.54 Å². The summed E-state index contributed by atoms with van der Waals surface area (Å²) >= 11 is 1.22. The summed E-state index contributed by atoms with van der Waals surface area (Å²) in [7, 11) is 0. The molecule has 0 radical (unpaired) electrons. The van der Waals surface area contributed by atoms with Crippen molar-refractivity contribution < 1.29 is 4.79 Å². The molecule has 0 aliphatic rings. The SMILES string of the molecule is C#CC(C)NC(=O)c1sc(NCC)nc1N. The highest BCUT2D eigenvalue weighted by Gasteiger charge is 2.16. The van der Waals surface area contributed by atoms with E-state index in [1.165, 1.54) is 11.3 Å². The number of nitrogens with zero attached hydrogens (tertiary/aromatic N) is 1. The van der Waals surface area contributed by atoms with E-state index in [0.29, 0.717) is 10.0 Å². The zero-order chi connectivity index (χ0) is 12.1. The quantitative estimate of drug-likeness (QED) is 0.681. The molecule has 6 heteroatoms. The van der Waals surface area contributed by atoms with Gasteiger partial charge in [-0.3, -0.25) is 4.79 Å². The highest BCUT2D eigenvalue weighted by atomic mass is 32.1. The fraction of sp³-hybridized carbons (Fsp3) is 0.400. The Morgan fingerprint density at radius 1 is 1.75 bits per heavy atom. The van der Waals surface area contributed by atoms with Crippen LogP contribution in [0.25, 0.3) is 0 Å². The molecule has 0 bridgehead atoms. The number of nitrogens with two attached hydrogens (primary N) is 1. The first-order valence-electron chi connectivity index (χ1n) is 4.85. The molecule has 1 aromatic heterocycles. The molecule has 86 valence electrons. The second-order valence-electron chi connectivity index (χ2n) is 3.13. The Morgan fingerprint density at radius 3 is 3.00 bits per heavy atom. The summed E-state index contributed by atoms with van der Waals surface area (Å²) in [6.45, 7) is 4.40. The summed E-state index contributed by atoms with van der Waals surface area (Å²) in [5.74, 6) is 2.35. The lowest BCUT2D eigenvalue weighted by atomic mass is 10.3. The van der Waals surface area contributed by atoms with E-state index >= 15 is 0 Å². The minimum Gasteiger partial charge on any atom is -0.382 e. The minimum absolute atomic E-state index is 0.225. The number of carbonyl (C=O) groups is 1. The average Bonchev–Trinajstić information content (AvgIpc) is 2.60. The van der Waals surface area contributed by atoms with Crippen molar-refractivity contribution in [1.82, 2.24) is 10.3 Å². The lowest BCUT2D eigenvalue weighted by Crippen LogP contribution is -2.31. The summed E-state index contributed by atoms with van der Waals surface area (Å²) in [6.07, 6.45) is 5.17. The number of hydrogen-bond donors (Lipinski definition) is 3. The van der Waals surface area contributed by atoms with Crippen LogP contribution in [0.3, 0.4) is 0 Å². The van der Waals surface area contributed by atoms with Crippen molar-refractivity contribution in [3.63, 3.8) is 0 Å². The number of thiazole rings is 1. The van der Waals surface area contributed by atoms with Crippen LogP contribution in [-0.4, -0.2) is 23.5 Å². The molecule has 0 aromatic carbocycles. The van der Waals surface area contributed by atoms with Crippen molar-refractivity contribution in [3.8, 4) is 12.3 Å². The number of nitrogen functional groups attached to an aromatic ring is 1. The van der Waals surface area contributed by atoms with E-state index in [4.69, 9.17) is 12.2 Å². The first-order chi connectivity index (χ1) is 7.58. The molecule has 16 heavy (non-hydrogen) atoms. The zero-order valence-electron chi connectivity index (χ0n) is 9.20. The molecule has 0 spiro atoms. The van der Waals surface area contributed by atoms with Gasteiger partial charge in [0.25, 0.3) is 5.91 Å². The summed E-state index contributed by atoms with van der Waals surface area (Å²) in [4.78, 5) is 16.1. The molecule has 0 saturated heterocycles.